The third-order valence-corrected chi connectivity index (χ3v) is 7.64. The Bertz CT molecular complexity index is 971. The molecule has 2 saturated heterocycles. The number of carbonyl (C=O) groups excluding carboxylic acids is 2. The minimum Gasteiger partial charge on any atom is -0.351 e. The molecule has 2 amide bonds. The smallest absolute Gasteiger partial charge is 0.225 e. The van der Waals surface area contributed by atoms with Gasteiger partial charge in [0.25, 0.3) is 0 Å². The predicted octanol–water partition coefficient (Wildman–Crippen LogP) is 1.32. The fourth-order valence-electron chi connectivity index (χ4n) is 5.96. The third-order valence-electron chi connectivity index (χ3n) is 7.64. The molecule has 2 aromatic heterocycles. The van der Waals surface area contributed by atoms with Gasteiger partial charge in [-0.2, -0.15) is 0 Å². The summed E-state index contributed by atoms with van der Waals surface area (Å²) in [5.74, 6) is 2.47. The standard InChI is InChI=1S/C22H28N6O2/c29-21(18-16-12-28(13-17(16)18)22(30)14-3-1-2-4-14)25-15-5-8-27(11-15)20-19-23-6-9-26(19)10-7-24-20/h6-7,9-10,14-18H,1-5,8,11-13H2,(H,25,29)/t15-,16-,17+,18?/m0/s1. The number of aromatic nitrogens is 3. The maximum atomic E-state index is 12.9. The van der Waals surface area contributed by atoms with Crippen LogP contribution in [0.25, 0.3) is 5.65 Å². The van der Waals surface area contributed by atoms with Crippen molar-refractivity contribution in [3.05, 3.63) is 24.8 Å². The highest BCUT2D eigenvalue weighted by Gasteiger charge is 2.60. The van der Waals surface area contributed by atoms with Crippen LogP contribution in [-0.2, 0) is 9.59 Å². The van der Waals surface area contributed by atoms with Crippen LogP contribution in [0.3, 0.4) is 0 Å². The number of nitrogens with zero attached hydrogens (tertiary/aromatic N) is 5. The molecular formula is C22H28N6O2. The molecule has 0 spiro atoms. The Kier molecular flexibility index (Phi) is 4.21. The Morgan fingerprint density at radius 1 is 0.967 bits per heavy atom. The average molecular weight is 409 g/mol. The molecule has 4 fully saturated rings. The van der Waals surface area contributed by atoms with Gasteiger partial charge in [0.05, 0.1) is 0 Å². The topological polar surface area (TPSA) is 82.8 Å². The van der Waals surface area contributed by atoms with Crippen LogP contribution in [0.1, 0.15) is 32.1 Å². The van der Waals surface area contributed by atoms with E-state index in [1.54, 1.807) is 12.4 Å². The first kappa shape index (κ1) is 18.2. The fraction of sp³-hybridized carbons (Fsp3) is 0.636. The summed E-state index contributed by atoms with van der Waals surface area (Å²) >= 11 is 0. The highest BCUT2D eigenvalue weighted by Crippen LogP contribution is 2.52. The minimum atomic E-state index is 0.0977. The molecule has 8 heteroatoms. The molecule has 2 aromatic rings. The van der Waals surface area contributed by atoms with Gasteiger partial charge in [0.2, 0.25) is 11.8 Å². The number of piperidine rings is 1. The van der Waals surface area contributed by atoms with Crippen molar-refractivity contribution in [1.29, 1.82) is 0 Å². The molecule has 4 atom stereocenters. The third kappa shape index (κ3) is 2.96. The van der Waals surface area contributed by atoms with Crippen LogP contribution in [0.5, 0.6) is 0 Å². The van der Waals surface area contributed by atoms with Crippen LogP contribution in [0.4, 0.5) is 5.82 Å². The largest absolute Gasteiger partial charge is 0.351 e. The Morgan fingerprint density at radius 3 is 2.47 bits per heavy atom. The second-order valence-electron chi connectivity index (χ2n) is 9.43. The normalized spacial score (nSPS) is 30.8. The number of hydrogen-bond donors (Lipinski definition) is 1. The maximum Gasteiger partial charge on any atom is 0.225 e. The fourth-order valence-corrected chi connectivity index (χ4v) is 5.96. The van der Waals surface area contributed by atoms with Gasteiger partial charge in [0.1, 0.15) is 0 Å². The van der Waals surface area contributed by atoms with E-state index in [1.807, 2.05) is 21.7 Å². The second-order valence-corrected chi connectivity index (χ2v) is 9.43. The van der Waals surface area contributed by atoms with E-state index in [0.717, 1.165) is 56.9 Å². The van der Waals surface area contributed by atoms with E-state index in [1.165, 1.54) is 12.8 Å². The van der Waals surface area contributed by atoms with E-state index in [4.69, 9.17) is 0 Å². The van der Waals surface area contributed by atoms with Crippen LogP contribution in [-0.4, -0.2) is 63.3 Å². The van der Waals surface area contributed by atoms with Gasteiger partial charge >= 0.3 is 0 Å². The van der Waals surface area contributed by atoms with Crippen molar-refractivity contribution in [3.8, 4) is 0 Å². The van der Waals surface area contributed by atoms with Gasteiger partial charge in [-0.25, -0.2) is 9.97 Å². The quantitative estimate of drug-likeness (QED) is 0.825. The van der Waals surface area contributed by atoms with Gasteiger partial charge in [0.15, 0.2) is 11.5 Å². The van der Waals surface area contributed by atoms with Gasteiger partial charge in [-0.15, -0.1) is 0 Å². The molecule has 0 aromatic carbocycles. The van der Waals surface area contributed by atoms with Crippen molar-refractivity contribution >= 4 is 23.3 Å². The molecule has 4 heterocycles. The zero-order valence-electron chi connectivity index (χ0n) is 17.1. The lowest BCUT2D eigenvalue weighted by atomic mass is 10.1. The number of hydrogen-bond acceptors (Lipinski definition) is 5. The van der Waals surface area contributed by atoms with Crippen molar-refractivity contribution in [2.24, 2.45) is 23.7 Å². The number of imidazole rings is 1. The Morgan fingerprint density at radius 2 is 1.70 bits per heavy atom. The van der Waals surface area contributed by atoms with Crippen molar-refractivity contribution in [1.82, 2.24) is 24.6 Å². The number of nitrogens with one attached hydrogen (secondary N) is 1. The van der Waals surface area contributed by atoms with Gasteiger partial charge < -0.3 is 19.5 Å². The number of amides is 2. The van der Waals surface area contributed by atoms with Crippen LogP contribution >= 0.6 is 0 Å². The summed E-state index contributed by atoms with van der Waals surface area (Å²) in [5, 5.41) is 3.27. The summed E-state index contributed by atoms with van der Waals surface area (Å²) in [7, 11) is 0. The number of fused-ring (bicyclic) bond motifs is 2. The molecule has 2 aliphatic heterocycles. The zero-order valence-corrected chi connectivity index (χ0v) is 17.1. The summed E-state index contributed by atoms with van der Waals surface area (Å²) in [6, 6.07) is 0.145. The molecule has 1 N–H and O–H groups in total. The van der Waals surface area contributed by atoms with Gasteiger partial charge in [-0.1, -0.05) is 12.8 Å². The van der Waals surface area contributed by atoms with Crippen LogP contribution in [0.2, 0.25) is 0 Å². The SMILES string of the molecule is O=C(N[C@H]1CCN(c2nccn3ccnc23)C1)C1[C@H]2CN(C(=O)C3CCCC3)C[C@@H]12. The molecular weight excluding hydrogens is 380 g/mol. The summed E-state index contributed by atoms with van der Waals surface area (Å²) in [5.41, 5.74) is 0.855. The molecule has 8 nitrogen and oxygen atoms in total. The van der Waals surface area contributed by atoms with E-state index in [9.17, 15) is 9.59 Å². The summed E-state index contributed by atoms with van der Waals surface area (Å²) in [6.07, 6.45) is 12.8. The van der Waals surface area contributed by atoms with Crippen LogP contribution < -0.4 is 10.2 Å². The predicted molar refractivity (Wildman–Crippen MR) is 111 cm³/mol. The molecule has 2 saturated carbocycles. The first-order valence-corrected chi connectivity index (χ1v) is 11.3. The lowest BCUT2D eigenvalue weighted by Crippen LogP contribution is -2.41. The number of rotatable bonds is 4. The molecule has 6 rings (SSSR count). The first-order chi connectivity index (χ1) is 14.7. The molecule has 4 aliphatic rings. The van der Waals surface area contributed by atoms with Gasteiger partial charge in [-0.05, 0) is 31.1 Å². The van der Waals surface area contributed by atoms with E-state index >= 15 is 0 Å². The van der Waals surface area contributed by atoms with Gasteiger partial charge in [0, 0.05) is 68.8 Å². The van der Waals surface area contributed by atoms with E-state index < -0.39 is 0 Å². The lowest BCUT2D eigenvalue weighted by Gasteiger charge is -2.23. The van der Waals surface area contributed by atoms with Crippen molar-refractivity contribution in [2.75, 3.05) is 31.1 Å². The molecule has 1 unspecified atom stereocenters. The monoisotopic (exact) mass is 408 g/mol. The first-order valence-electron chi connectivity index (χ1n) is 11.3. The minimum absolute atomic E-state index is 0.0977. The summed E-state index contributed by atoms with van der Waals surface area (Å²) < 4.78 is 1.97. The summed E-state index contributed by atoms with van der Waals surface area (Å²) in [6.45, 7) is 3.19. The average Bonchev–Trinajstić information content (AvgIpc) is 3.38. The van der Waals surface area contributed by atoms with Crippen LogP contribution in [0, 0.1) is 23.7 Å². The molecule has 30 heavy (non-hydrogen) atoms. The zero-order chi connectivity index (χ0) is 20.2. The Hall–Kier alpha value is -2.64. The molecule has 0 bridgehead atoms. The van der Waals surface area contributed by atoms with Crippen molar-refractivity contribution in [3.63, 3.8) is 0 Å². The summed E-state index contributed by atoms with van der Waals surface area (Å²) in [4.78, 5) is 38.7. The van der Waals surface area contributed by atoms with E-state index in [0.29, 0.717) is 17.7 Å². The maximum absolute atomic E-state index is 12.9. The molecule has 158 valence electrons. The highest BCUT2D eigenvalue weighted by molar-refractivity contribution is 5.85. The molecule has 2 aliphatic carbocycles. The molecule has 0 radical (unpaired) electrons. The van der Waals surface area contributed by atoms with Crippen LogP contribution in [0.15, 0.2) is 24.8 Å². The number of anilines is 1. The second kappa shape index (κ2) is 6.96. The number of likely N-dealkylation sites (tertiary alicyclic amines) is 1. The highest BCUT2D eigenvalue weighted by atomic mass is 16.2. The Balaban J connectivity index is 1.03. The van der Waals surface area contributed by atoms with E-state index in [2.05, 4.69) is 20.2 Å². The van der Waals surface area contributed by atoms with Crippen molar-refractivity contribution in [2.45, 2.75) is 38.1 Å². The lowest BCUT2D eigenvalue weighted by molar-refractivity contribution is -0.135. The number of carbonyl (C=O) groups is 2. The van der Waals surface area contributed by atoms with Gasteiger partial charge in [-0.3, -0.25) is 9.59 Å². The Labute approximate surface area is 175 Å². The van der Waals surface area contributed by atoms with Crippen molar-refractivity contribution < 1.29 is 9.59 Å². The van der Waals surface area contributed by atoms with E-state index in [-0.39, 0.29) is 23.8 Å².